The van der Waals surface area contributed by atoms with E-state index in [1.165, 1.54) is 48.4 Å². The number of fused-ring (bicyclic) bond motifs is 1. The molecule has 2 nitrogen and oxygen atoms in total. The predicted octanol–water partition coefficient (Wildman–Crippen LogP) is 7.15. The zero-order valence-corrected chi connectivity index (χ0v) is 17.4. The first-order valence-corrected chi connectivity index (χ1v) is 10.8. The lowest BCUT2D eigenvalue weighted by Crippen LogP contribution is -2.30. The Labute approximate surface area is 176 Å². The van der Waals surface area contributed by atoms with Crippen LogP contribution in [-0.2, 0) is 13.2 Å². The highest BCUT2D eigenvalue weighted by molar-refractivity contribution is 6.35. The van der Waals surface area contributed by atoms with Gasteiger partial charge in [0.2, 0.25) is 0 Å². The fraction of sp³-hybridized carbons (Fsp3) is 0.333. The SMILES string of the molecule is Clc1ccc(COc2ccc3ccccc3c2CNC2CCCCC2)c(Cl)c1. The van der Waals surface area contributed by atoms with Crippen molar-refractivity contribution in [2.75, 3.05) is 0 Å². The molecule has 0 heterocycles. The van der Waals surface area contributed by atoms with Crippen LogP contribution in [0.3, 0.4) is 0 Å². The minimum atomic E-state index is 0.421. The van der Waals surface area contributed by atoms with Gasteiger partial charge < -0.3 is 10.1 Å². The van der Waals surface area contributed by atoms with Crippen molar-refractivity contribution in [3.8, 4) is 5.75 Å². The summed E-state index contributed by atoms with van der Waals surface area (Å²) < 4.78 is 6.22. The van der Waals surface area contributed by atoms with Crippen molar-refractivity contribution in [1.82, 2.24) is 5.32 Å². The van der Waals surface area contributed by atoms with Crippen LogP contribution < -0.4 is 10.1 Å². The largest absolute Gasteiger partial charge is 0.488 e. The Hall–Kier alpha value is -1.74. The summed E-state index contributed by atoms with van der Waals surface area (Å²) in [6, 6.07) is 18.8. The molecule has 1 N–H and O–H groups in total. The third-order valence-electron chi connectivity index (χ3n) is 5.57. The minimum Gasteiger partial charge on any atom is -0.488 e. The Kier molecular flexibility index (Phi) is 6.41. The average molecular weight is 414 g/mol. The summed E-state index contributed by atoms with van der Waals surface area (Å²) in [4.78, 5) is 0. The Morgan fingerprint density at radius 2 is 1.75 bits per heavy atom. The van der Waals surface area contributed by atoms with E-state index in [-0.39, 0.29) is 0 Å². The van der Waals surface area contributed by atoms with E-state index in [4.69, 9.17) is 27.9 Å². The summed E-state index contributed by atoms with van der Waals surface area (Å²) in [5, 5.41) is 7.51. The molecule has 0 atom stereocenters. The first-order valence-electron chi connectivity index (χ1n) is 10.0. The quantitative estimate of drug-likeness (QED) is 0.463. The molecule has 0 aromatic heterocycles. The number of ether oxygens (including phenoxy) is 1. The summed E-state index contributed by atoms with van der Waals surface area (Å²) in [5.41, 5.74) is 2.15. The second kappa shape index (κ2) is 9.17. The Bertz CT molecular complexity index is 950. The normalized spacial score (nSPS) is 15.1. The molecular weight excluding hydrogens is 389 g/mol. The van der Waals surface area contributed by atoms with Crippen molar-refractivity contribution >= 4 is 34.0 Å². The molecule has 3 aromatic rings. The van der Waals surface area contributed by atoms with Gasteiger partial charge >= 0.3 is 0 Å². The van der Waals surface area contributed by atoms with Crippen LogP contribution in [0, 0.1) is 0 Å². The molecule has 4 rings (SSSR count). The highest BCUT2D eigenvalue weighted by atomic mass is 35.5. The third-order valence-corrected chi connectivity index (χ3v) is 6.16. The molecule has 0 saturated heterocycles. The lowest BCUT2D eigenvalue weighted by molar-refractivity contribution is 0.300. The standard InChI is InChI=1S/C24H25Cl2NO/c25-19-12-10-18(23(26)14-19)16-28-24-13-11-17-6-4-5-9-21(17)22(24)15-27-20-7-2-1-3-8-20/h4-6,9-14,20,27H,1-3,7-8,15-16H2. The Balaban J connectivity index is 1.57. The molecule has 0 unspecified atom stereocenters. The maximum absolute atomic E-state index is 6.32. The molecule has 146 valence electrons. The van der Waals surface area contributed by atoms with E-state index in [0.717, 1.165) is 17.9 Å². The van der Waals surface area contributed by atoms with Crippen LogP contribution in [0.5, 0.6) is 5.75 Å². The molecule has 0 bridgehead atoms. The predicted molar refractivity (Wildman–Crippen MR) is 118 cm³/mol. The minimum absolute atomic E-state index is 0.421. The van der Waals surface area contributed by atoms with Crippen LogP contribution in [0.4, 0.5) is 0 Å². The van der Waals surface area contributed by atoms with E-state index in [1.807, 2.05) is 12.1 Å². The van der Waals surface area contributed by atoms with E-state index in [1.54, 1.807) is 6.07 Å². The molecule has 1 saturated carbocycles. The van der Waals surface area contributed by atoms with Crippen LogP contribution in [-0.4, -0.2) is 6.04 Å². The number of hydrogen-bond donors (Lipinski definition) is 1. The van der Waals surface area contributed by atoms with E-state index >= 15 is 0 Å². The molecule has 0 radical (unpaired) electrons. The van der Waals surface area contributed by atoms with Crippen molar-refractivity contribution in [2.45, 2.75) is 51.3 Å². The maximum Gasteiger partial charge on any atom is 0.124 e. The lowest BCUT2D eigenvalue weighted by atomic mass is 9.95. The summed E-state index contributed by atoms with van der Waals surface area (Å²) >= 11 is 12.3. The van der Waals surface area contributed by atoms with Gasteiger partial charge in [-0.15, -0.1) is 0 Å². The fourth-order valence-corrected chi connectivity index (χ4v) is 4.44. The van der Waals surface area contributed by atoms with Crippen molar-refractivity contribution in [2.24, 2.45) is 0 Å². The molecule has 28 heavy (non-hydrogen) atoms. The second-order valence-electron chi connectivity index (χ2n) is 7.50. The van der Waals surface area contributed by atoms with E-state index in [2.05, 4.69) is 41.7 Å². The van der Waals surface area contributed by atoms with Crippen molar-refractivity contribution in [3.05, 3.63) is 75.8 Å². The second-order valence-corrected chi connectivity index (χ2v) is 8.35. The van der Waals surface area contributed by atoms with E-state index in [9.17, 15) is 0 Å². The van der Waals surface area contributed by atoms with E-state index in [0.29, 0.717) is 22.7 Å². The smallest absolute Gasteiger partial charge is 0.124 e. The van der Waals surface area contributed by atoms with Crippen molar-refractivity contribution in [1.29, 1.82) is 0 Å². The van der Waals surface area contributed by atoms with Crippen molar-refractivity contribution in [3.63, 3.8) is 0 Å². The molecule has 1 aliphatic rings. The Morgan fingerprint density at radius 1 is 0.929 bits per heavy atom. The van der Waals surface area contributed by atoms with Gasteiger partial charge in [0.1, 0.15) is 12.4 Å². The fourth-order valence-electron chi connectivity index (χ4n) is 3.98. The average Bonchev–Trinajstić information content (AvgIpc) is 2.72. The van der Waals surface area contributed by atoms with Gasteiger partial charge in [-0.3, -0.25) is 0 Å². The maximum atomic E-state index is 6.32. The van der Waals surface area contributed by atoms with Gasteiger partial charge in [-0.25, -0.2) is 0 Å². The molecular formula is C24H25Cl2NO. The van der Waals surface area contributed by atoms with Gasteiger partial charge in [0, 0.05) is 33.8 Å². The zero-order chi connectivity index (χ0) is 19.3. The van der Waals surface area contributed by atoms with Gasteiger partial charge in [-0.1, -0.05) is 78.9 Å². The van der Waals surface area contributed by atoms with Crippen molar-refractivity contribution < 1.29 is 4.74 Å². The topological polar surface area (TPSA) is 21.3 Å². The highest BCUT2D eigenvalue weighted by Gasteiger charge is 2.15. The van der Waals surface area contributed by atoms with Gasteiger partial charge in [-0.05, 0) is 41.8 Å². The summed E-state index contributed by atoms with van der Waals surface area (Å²) in [6.45, 7) is 1.24. The van der Waals surface area contributed by atoms with Crippen LogP contribution >= 0.6 is 23.2 Å². The third kappa shape index (κ3) is 4.63. The summed E-state index contributed by atoms with van der Waals surface area (Å²) in [5.74, 6) is 0.910. The molecule has 1 aliphatic carbocycles. The number of benzene rings is 3. The number of halogens is 2. The Morgan fingerprint density at radius 3 is 2.57 bits per heavy atom. The monoisotopic (exact) mass is 413 g/mol. The molecule has 0 aliphatic heterocycles. The molecule has 3 aromatic carbocycles. The van der Waals surface area contributed by atoms with Crippen LogP contribution in [0.25, 0.3) is 10.8 Å². The van der Waals surface area contributed by atoms with E-state index < -0.39 is 0 Å². The van der Waals surface area contributed by atoms with Crippen LogP contribution in [0.15, 0.2) is 54.6 Å². The first-order chi connectivity index (χ1) is 13.7. The molecule has 0 amide bonds. The summed E-state index contributed by atoms with van der Waals surface area (Å²) in [6.07, 6.45) is 6.54. The number of rotatable bonds is 6. The van der Waals surface area contributed by atoms with Gasteiger partial charge in [0.05, 0.1) is 0 Å². The van der Waals surface area contributed by atoms with Gasteiger partial charge in [0.15, 0.2) is 0 Å². The molecule has 0 spiro atoms. The summed E-state index contributed by atoms with van der Waals surface area (Å²) in [7, 11) is 0. The molecule has 1 fully saturated rings. The lowest BCUT2D eigenvalue weighted by Gasteiger charge is -2.24. The zero-order valence-electron chi connectivity index (χ0n) is 15.9. The number of hydrogen-bond acceptors (Lipinski definition) is 2. The first kappa shape index (κ1) is 19.6. The van der Waals surface area contributed by atoms with Gasteiger partial charge in [0.25, 0.3) is 0 Å². The van der Waals surface area contributed by atoms with Crippen LogP contribution in [0.1, 0.15) is 43.2 Å². The highest BCUT2D eigenvalue weighted by Crippen LogP contribution is 2.30. The van der Waals surface area contributed by atoms with Gasteiger partial charge in [-0.2, -0.15) is 0 Å². The number of nitrogens with one attached hydrogen (secondary N) is 1. The molecule has 4 heteroatoms. The van der Waals surface area contributed by atoms with Crippen LogP contribution in [0.2, 0.25) is 10.0 Å².